The Kier molecular flexibility index (Phi) is 4.46. The fourth-order valence-corrected chi connectivity index (χ4v) is 4.48. The fraction of sp³-hybridized carbons (Fsp3) is 0.318. The lowest BCUT2D eigenvalue weighted by molar-refractivity contribution is -0.136. The number of carbonyl (C=O) groups is 5. The van der Waals surface area contributed by atoms with E-state index in [1.54, 1.807) is 24.3 Å². The van der Waals surface area contributed by atoms with Gasteiger partial charge in [0.25, 0.3) is 11.8 Å². The number of aromatic amines is 1. The minimum absolute atomic E-state index is 0.0427. The van der Waals surface area contributed by atoms with E-state index in [1.807, 2.05) is 0 Å². The third kappa shape index (κ3) is 3.31. The molecule has 3 aliphatic rings. The van der Waals surface area contributed by atoms with E-state index in [0.717, 1.165) is 18.5 Å². The Morgan fingerprint density at radius 2 is 1.87 bits per heavy atom. The summed E-state index contributed by atoms with van der Waals surface area (Å²) in [5.74, 6) is -1.38. The summed E-state index contributed by atoms with van der Waals surface area (Å²) in [5.41, 5.74) is 3.39. The maximum Gasteiger partial charge on any atom is 0.272 e. The molecule has 1 aliphatic carbocycles. The first kappa shape index (κ1) is 19.2. The number of rotatable bonds is 3. The van der Waals surface area contributed by atoms with Crippen LogP contribution in [-0.2, 0) is 22.6 Å². The average Bonchev–Trinajstić information content (AvgIpc) is 3.31. The number of nitrogens with one attached hydrogen (secondary N) is 3. The Morgan fingerprint density at radius 1 is 1.03 bits per heavy atom. The summed E-state index contributed by atoms with van der Waals surface area (Å²) in [5, 5.41) is 5.08. The van der Waals surface area contributed by atoms with Gasteiger partial charge in [-0.25, -0.2) is 0 Å². The van der Waals surface area contributed by atoms with Crippen LogP contribution in [0.5, 0.6) is 0 Å². The van der Waals surface area contributed by atoms with E-state index in [4.69, 9.17) is 0 Å². The van der Waals surface area contributed by atoms with Gasteiger partial charge in [0, 0.05) is 41.9 Å². The molecule has 3 N–H and O–H groups in total. The number of amides is 4. The van der Waals surface area contributed by atoms with Crippen LogP contribution in [0.25, 0.3) is 0 Å². The molecular weight excluding hydrogens is 400 g/mol. The lowest BCUT2D eigenvalue weighted by Gasteiger charge is -2.29. The lowest BCUT2D eigenvalue weighted by atomic mass is 9.97. The topological polar surface area (TPSA) is 128 Å². The van der Waals surface area contributed by atoms with Crippen molar-refractivity contribution < 1.29 is 24.0 Å². The van der Waals surface area contributed by atoms with Crippen molar-refractivity contribution in [3.05, 3.63) is 52.3 Å². The number of ketones is 1. The monoisotopic (exact) mass is 420 g/mol. The van der Waals surface area contributed by atoms with Gasteiger partial charge >= 0.3 is 0 Å². The van der Waals surface area contributed by atoms with Gasteiger partial charge in [-0.05, 0) is 49.1 Å². The number of imide groups is 1. The van der Waals surface area contributed by atoms with Crippen LogP contribution in [0.1, 0.15) is 68.1 Å². The second-order valence-corrected chi connectivity index (χ2v) is 8.08. The maximum atomic E-state index is 12.8. The first-order valence-corrected chi connectivity index (χ1v) is 10.2. The van der Waals surface area contributed by atoms with Gasteiger partial charge in [0.05, 0.1) is 0 Å². The van der Waals surface area contributed by atoms with E-state index in [2.05, 4.69) is 15.6 Å². The van der Waals surface area contributed by atoms with Crippen molar-refractivity contribution in [1.82, 2.24) is 15.2 Å². The van der Waals surface area contributed by atoms with E-state index in [-0.39, 0.29) is 36.5 Å². The Balaban J connectivity index is 1.32. The Bertz CT molecular complexity index is 1160. The molecule has 1 unspecified atom stereocenters. The second kappa shape index (κ2) is 7.19. The van der Waals surface area contributed by atoms with Crippen LogP contribution < -0.4 is 10.6 Å². The number of aryl methyl sites for hydroxylation is 1. The molecule has 1 aromatic heterocycles. The molecule has 0 spiro atoms. The molecule has 9 heteroatoms. The van der Waals surface area contributed by atoms with Gasteiger partial charge in [-0.2, -0.15) is 0 Å². The van der Waals surface area contributed by atoms with Gasteiger partial charge in [-0.15, -0.1) is 0 Å². The van der Waals surface area contributed by atoms with Crippen molar-refractivity contribution in [1.29, 1.82) is 0 Å². The highest BCUT2D eigenvalue weighted by Gasteiger charge is 2.39. The molecule has 0 bridgehead atoms. The van der Waals surface area contributed by atoms with Gasteiger partial charge in [0.2, 0.25) is 11.8 Å². The molecule has 2 aliphatic heterocycles. The molecule has 3 heterocycles. The second-order valence-electron chi connectivity index (χ2n) is 8.08. The Hall–Kier alpha value is -3.75. The number of anilines is 1. The van der Waals surface area contributed by atoms with Crippen molar-refractivity contribution >= 4 is 35.1 Å². The quantitative estimate of drug-likeness (QED) is 0.649. The Morgan fingerprint density at radius 3 is 2.65 bits per heavy atom. The number of H-pyrrole nitrogens is 1. The summed E-state index contributed by atoms with van der Waals surface area (Å²) < 4.78 is 0. The average molecular weight is 420 g/mol. The SMILES string of the molecule is O=C1CCC(N2Cc3cc(NC(=O)c4cc5c([nH]4)CCCC5=O)ccc3C2=O)C(=O)N1. The standard InChI is InChI=1S/C22H20N4O5/c27-18-3-1-2-15-14(18)9-16(24-15)20(29)23-12-4-5-13-11(8-12)10-26(22(13)31)17-6-7-19(28)25-21(17)30/h4-5,8-9,17,24H,1-3,6-7,10H2,(H,23,29)(H,25,28,30). The molecule has 9 nitrogen and oxygen atoms in total. The van der Waals surface area contributed by atoms with Crippen LogP contribution >= 0.6 is 0 Å². The highest BCUT2D eigenvalue weighted by molar-refractivity contribution is 6.08. The largest absolute Gasteiger partial charge is 0.354 e. The molecule has 0 saturated carbocycles. The van der Waals surface area contributed by atoms with E-state index < -0.39 is 11.9 Å². The number of hydrogen-bond donors (Lipinski definition) is 3. The molecule has 31 heavy (non-hydrogen) atoms. The summed E-state index contributed by atoms with van der Waals surface area (Å²) in [7, 11) is 0. The fourth-order valence-electron chi connectivity index (χ4n) is 4.48. The minimum atomic E-state index is -0.682. The van der Waals surface area contributed by atoms with E-state index in [1.165, 1.54) is 4.90 Å². The van der Waals surface area contributed by atoms with Gasteiger partial charge in [0.15, 0.2) is 5.78 Å². The van der Waals surface area contributed by atoms with Gasteiger partial charge < -0.3 is 15.2 Å². The summed E-state index contributed by atoms with van der Waals surface area (Å²) in [4.78, 5) is 65.5. The lowest BCUT2D eigenvalue weighted by Crippen LogP contribution is -2.52. The zero-order valence-electron chi connectivity index (χ0n) is 16.6. The number of benzene rings is 1. The van der Waals surface area contributed by atoms with Crippen LogP contribution in [0.4, 0.5) is 5.69 Å². The molecule has 0 radical (unpaired) electrons. The minimum Gasteiger partial charge on any atom is -0.354 e. The summed E-state index contributed by atoms with van der Waals surface area (Å²) in [6, 6.07) is 5.89. The predicted molar refractivity (Wildman–Crippen MR) is 109 cm³/mol. The molecule has 4 amide bonds. The summed E-state index contributed by atoms with van der Waals surface area (Å²) in [6.07, 6.45) is 2.50. The highest BCUT2D eigenvalue weighted by atomic mass is 16.2. The van der Waals surface area contributed by atoms with Crippen molar-refractivity contribution in [2.45, 2.75) is 44.7 Å². The van der Waals surface area contributed by atoms with E-state index >= 15 is 0 Å². The Labute approximate surface area is 177 Å². The van der Waals surface area contributed by atoms with E-state index in [9.17, 15) is 24.0 Å². The first-order chi connectivity index (χ1) is 14.9. The molecule has 158 valence electrons. The third-order valence-corrected chi connectivity index (χ3v) is 6.06. The normalized spacial score (nSPS) is 20.4. The predicted octanol–water partition coefficient (Wildman–Crippen LogP) is 1.55. The first-order valence-electron chi connectivity index (χ1n) is 10.2. The number of hydrogen-bond acceptors (Lipinski definition) is 5. The zero-order valence-corrected chi connectivity index (χ0v) is 16.6. The molecule has 1 aromatic carbocycles. The number of aromatic nitrogens is 1. The number of piperidine rings is 1. The van der Waals surface area contributed by atoms with Gasteiger partial charge in [-0.3, -0.25) is 29.3 Å². The van der Waals surface area contributed by atoms with Crippen molar-refractivity contribution in [3.63, 3.8) is 0 Å². The smallest absolute Gasteiger partial charge is 0.272 e. The van der Waals surface area contributed by atoms with Crippen molar-refractivity contribution in [2.24, 2.45) is 0 Å². The number of carbonyl (C=O) groups excluding carboxylic acids is 5. The van der Waals surface area contributed by atoms with E-state index in [0.29, 0.717) is 40.9 Å². The highest BCUT2D eigenvalue weighted by Crippen LogP contribution is 2.30. The van der Waals surface area contributed by atoms with Crippen molar-refractivity contribution in [2.75, 3.05) is 5.32 Å². The summed E-state index contributed by atoms with van der Waals surface area (Å²) >= 11 is 0. The van der Waals surface area contributed by atoms with Gasteiger partial charge in [0.1, 0.15) is 11.7 Å². The molecule has 1 saturated heterocycles. The summed E-state index contributed by atoms with van der Waals surface area (Å²) in [6.45, 7) is 0.232. The maximum absolute atomic E-state index is 12.8. The van der Waals surface area contributed by atoms with Crippen LogP contribution in [0, 0.1) is 0 Å². The molecule has 1 atom stereocenters. The molecule has 2 aromatic rings. The zero-order chi connectivity index (χ0) is 21.7. The van der Waals surface area contributed by atoms with Crippen LogP contribution in [0.15, 0.2) is 24.3 Å². The molecule has 5 rings (SSSR count). The number of nitrogens with zero attached hydrogens (tertiary/aromatic N) is 1. The van der Waals surface area contributed by atoms with Crippen LogP contribution in [0.2, 0.25) is 0 Å². The number of Topliss-reactive ketones (excluding diaryl/α,β-unsaturated/α-hetero) is 1. The van der Waals surface area contributed by atoms with Crippen LogP contribution in [0.3, 0.4) is 0 Å². The van der Waals surface area contributed by atoms with Crippen molar-refractivity contribution in [3.8, 4) is 0 Å². The molecule has 1 fully saturated rings. The number of fused-ring (bicyclic) bond motifs is 2. The van der Waals surface area contributed by atoms with Gasteiger partial charge in [-0.1, -0.05) is 0 Å². The molecular formula is C22H20N4O5. The third-order valence-electron chi connectivity index (χ3n) is 6.06. The van der Waals surface area contributed by atoms with Crippen LogP contribution in [-0.4, -0.2) is 45.3 Å².